The van der Waals surface area contributed by atoms with Crippen molar-refractivity contribution in [2.24, 2.45) is 0 Å². The summed E-state index contributed by atoms with van der Waals surface area (Å²) in [6, 6.07) is 10.1. The van der Waals surface area contributed by atoms with Gasteiger partial charge in [-0.1, -0.05) is 18.2 Å². The summed E-state index contributed by atoms with van der Waals surface area (Å²) in [5.74, 6) is 0.613. The van der Waals surface area contributed by atoms with Crippen molar-refractivity contribution in [2.75, 3.05) is 6.61 Å². The fraction of sp³-hybridized carbons (Fsp3) is 0.381. The summed E-state index contributed by atoms with van der Waals surface area (Å²) in [7, 11) is 0. The van der Waals surface area contributed by atoms with Crippen LogP contribution in [0.3, 0.4) is 0 Å². The first kappa shape index (κ1) is 18.1. The van der Waals surface area contributed by atoms with E-state index in [9.17, 15) is 4.79 Å². The topological polar surface area (TPSA) is 38.3 Å². The standard InChI is InChI=1S/C21H27NO2/c1-13-7-8-19(10-15(13)3)24-12-21(23)22-18(6)20-11-16(4)14(2)9-17(20)5/h7-11,18H,12H2,1-6H3,(H,22,23). The Morgan fingerprint density at radius 1 is 0.917 bits per heavy atom. The fourth-order valence-electron chi connectivity index (χ4n) is 2.76. The lowest BCUT2D eigenvalue weighted by molar-refractivity contribution is -0.123. The molecule has 1 unspecified atom stereocenters. The molecule has 0 saturated carbocycles. The van der Waals surface area contributed by atoms with Crippen LogP contribution in [0.1, 0.15) is 46.3 Å². The number of hydrogen-bond acceptors (Lipinski definition) is 2. The smallest absolute Gasteiger partial charge is 0.258 e. The highest BCUT2D eigenvalue weighted by atomic mass is 16.5. The third-order valence-corrected chi connectivity index (χ3v) is 4.57. The van der Waals surface area contributed by atoms with Crippen molar-refractivity contribution in [2.45, 2.75) is 47.6 Å². The highest BCUT2D eigenvalue weighted by Gasteiger charge is 2.13. The summed E-state index contributed by atoms with van der Waals surface area (Å²) >= 11 is 0. The normalized spacial score (nSPS) is 11.9. The van der Waals surface area contributed by atoms with Crippen LogP contribution in [0.25, 0.3) is 0 Å². The molecule has 0 aliphatic heterocycles. The molecule has 0 bridgehead atoms. The Morgan fingerprint density at radius 2 is 1.54 bits per heavy atom. The number of ether oxygens (including phenoxy) is 1. The van der Waals surface area contributed by atoms with Crippen molar-refractivity contribution in [3.8, 4) is 5.75 Å². The van der Waals surface area contributed by atoms with E-state index in [1.165, 1.54) is 22.3 Å². The summed E-state index contributed by atoms with van der Waals surface area (Å²) in [6.45, 7) is 12.4. The molecular weight excluding hydrogens is 298 g/mol. The SMILES string of the molecule is Cc1ccc(OCC(=O)NC(C)c2cc(C)c(C)cc2C)cc1C. The number of carbonyl (C=O) groups is 1. The van der Waals surface area contributed by atoms with Gasteiger partial charge >= 0.3 is 0 Å². The van der Waals surface area contributed by atoms with Crippen molar-refractivity contribution >= 4 is 5.91 Å². The Kier molecular flexibility index (Phi) is 5.66. The van der Waals surface area contributed by atoms with Gasteiger partial charge in [0, 0.05) is 0 Å². The third kappa shape index (κ3) is 4.38. The second-order valence-electron chi connectivity index (χ2n) is 6.62. The zero-order valence-electron chi connectivity index (χ0n) is 15.5. The lowest BCUT2D eigenvalue weighted by atomic mass is 9.96. The van der Waals surface area contributed by atoms with Crippen LogP contribution in [-0.4, -0.2) is 12.5 Å². The van der Waals surface area contributed by atoms with E-state index >= 15 is 0 Å². The summed E-state index contributed by atoms with van der Waals surface area (Å²) < 4.78 is 5.60. The molecule has 3 nitrogen and oxygen atoms in total. The molecular formula is C21H27NO2. The Hall–Kier alpha value is -2.29. The molecule has 3 heteroatoms. The van der Waals surface area contributed by atoms with Crippen LogP contribution < -0.4 is 10.1 Å². The molecule has 1 atom stereocenters. The molecule has 2 aromatic carbocycles. The average Bonchev–Trinajstić information content (AvgIpc) is 2.52. The van der Waals surface area contributed by atoms with E-state index in [1.807, 2.05) is 32.0 Å². The fourth-order valence-corrected chi connectivity index (χ4v) is 2.76. The minimum absolute atomic E-state index is 0.0245. The Balaban J connectivity index is 1.96. The average molecular weight is 325 g/mol. The number of carbonyl (C=O) groups excluding carboxylic acids is 1. The van der Waals surface area contributed by atoms with Crippen LogP contribution in [0.5, 0.6) is 5.75 Å². The van der Waals surface area contributed by atoms with Gasteiger partial charge in [0.2, 0.25) is 0 Å². The lowest BCUT2D eigenvalue weighted by Crippen LogP contribution is -2.31. The molecule has 0 heterocycles. The van der Waals surface area contributed by atoms with E-state index in [0.717, 1.165) is 16.9 Å². The highest BCUT2D eigenvalue weighted by molar-refractivity contribution is 5.78. The zero-order valence-corrected chi connectivity index (χ0v) is 15.5. The second-order valence-corrected chi connectivity index (χ2v) is 6.62. The molecule has 0 radical (unpaired) electrons. The maximum atomic E-state index is 12.2. The van der Waals surface area contributed by atoms with Crippen LogP contribution in [0, 0.1) is 34.6 Å². The number of aryl methyl sites for hydroxylation is 5. The number of nitrogens with one attached hydrogen (secondary N) is 1. The van der Waals surface area contributed by atoms with Gasteiger partial charge < -0.3 is 10.1 Å². The zero-order chi connectivity index (χ0) is 17.9. The van der Waals surface area contributed by atoms with E-state index in [1.54, 1.807) is 0 Å². The number of hydrogen-bond donors (Lipinski definition) is 1. The predicted octanol–water partition coefficient (Wildman–Crippen LogP) is 4.48. The molecule has 0 spiro atoms. The summed E-state index contributed by atoms with van der Waals surface area (Å²) in [5, 5.41) is 3.02. The summed E-state index contributed by atoms with van der Waals surface area (Å²) in [6.07, 6.45) is 0. The van der Waals surface area contributed by atoms with Gasteiger partial charge in [0.15, 0.2) is 6.61 Å². The van der Waals surface area contributed by atoms with Gasteiger partial charge in [0.1, 0.15) is 5.75 Å². The summed E-state index contributed by atoms with van der Waals surface area (Å²) in [4.78, 5) is 12.2. The van der Waals surface area contributed by atoms with Crippen LogP contribution >= 0.6 is 0 Å². The molecule has 24 heavy (non-hydrogen) atoms. The summed E-state index contributed by atoms with van der Waals surface area (Å²) in [5.41, 5.74) is 7.23. The molecule has 1 amide bonds. The Bertz CT molecular complexity index is 750. The predicted molar refractivity (Wildman–Crippen MR) is 98.6 cm³/mol. The van der Waals surface area contributed by atoms with Crippen LogP contribution in [0.4, 0.5) is 0 Å². The lowest BCUT2D eigenvalue weighted by Gasteiger charge is -2.18. The van der Waals surface area contributed by atoms with Gasteiger partial charge in [-0.15, -0.1) is 0 Å². The maximum absolute atomic E-state index is 12.2. The molecule has 0 aromatic heterocycles. The van der Waals surface area contributed by atoms with Crippen molar-refractivity contribution < 1.29 is 9.53 Å². The van der Waals surface area contributed by atoms with Gasteiger partial charge in [-0.05, 0) is 87.1 Å². The second kappa shape index (κ2) is 7.52. The van der Waals surface area contributed by atoms with Gasteiger partial charge in [0.05, 0.1) is 6.04 Å². The van der Waals surface area contributed by atoms with Gasteiger partial charge in [-0.2, -0.15) is 0 Å². The van der Waals surface area contributed by atoms with E-state index in [4.69, 9.17) is 4.74 Å². The van der Waals surface area contributed by atoms with Crippen molar-refractivity contribution in [3.05, 3.63) is 63.7 Å². The quantitative estimate of drug-likeness (QED) is 0.880. The van der Waals surface area contributed by atoms with Gasteiger partial charge in [-0.25, -0.2) is 0 Å². The number of benzene rings is 2. The molecule has 0 saturated heterocycles. The first-order chi connectivity index (χ1) is 11.3. The van der Waals surface area contributed by atoms with Crippen LogP contribution in [0.2, 0.25) is 0 Å². The van der Waals surface area contributed by atoms with Gasteiger partial charge in [-0.3, -0.25) is 4.79 Å². The van der Waals surface area contributed by atoms with Crippen molar-refractivity contribution in [3.63, 3.8) is 0 Å². The Morgan fingerprint density at radius 3 is 2.21 bits per heavy atom. The van der Waals surface area contributed by atoms with Crippen molar-refractivity contribution in [1.29, 1.82) is 0 Å². The van der Waals surface area contributed by atoms with Crippen LogP contribution in [-0.2, 0) is 4.79 Å². The van der Waals surface area contributed by atoms with E-state index < -0.39 is 0 Å². The highest BCUT2D eigenvalue weighted by Crippen LogP contribution is 2.21. The monoisotopic (exact) mass is 325 g/mol. The van der Waals surface area contributed by atoms with E-state index in [2.05, 4.69) is 45.1 Å². The minimum atomic E-state index is -0.113. The van der Waals surface area contributed by atoms with Crippen LogP contribution in [0.15, 0.2) is 30.3 Å². The molecule has 0 aliphatic rings. The van der Waals surface area contributed by atoms with Crippen molar-refractivity contribution in [1.82, 2.24) is 5.32 Å². The van der Waals surface area contributed by atoms with E-state index in [-0.39, 0.29) is 18.6 Å². The first-order valence-electron chi connectivity index (χ1n) is 8.35. The minimum Gasteiger partial charge on any atom is -0.484 e. The molecule has 0 aliphatic carbocycles. The number of rotatable bonds is 5. The van der Waals surface area contributed by atoms with Gasteiger partial charge in [0.25, 0.3) is 5.91 Å². The molecule has 1 N–H and O–H groups in total. The molecule has 0 fully saturated rings. The maximum Gasteiger partial charge on any atom is 0.258 e. The first-order valence-corrected chi connectivity index (χ1v) is 8.35. The largest absolute Gasteiger partial charge is 0.484 e. The molecule has 128 valence electrons. The Labute approximate surface area is 145 Å². The third-order valence-electron chi connectivity index (χ3n) is 4.57. The molecule has 2 rings (SSSR count). The van der Waals surface area contributed by atoms with E-state index in [0.29, 0.717) is 0 Å². The number of amides is 1. The molecule has 2 aromatic rings.